The Bertz CT molecular complexity index is 205. The van der Waals surface area contributed by atoms with Crippen LogP contribution in [0.1, 0.15) is 53.4 Å². The molecule has 0 aliphatic carbocycles. The monoisotopic (exact) mass is 256 g/mol. The van der Waals surface area contributed by atoms with Crippen LogP contribution in [0, 0.1) is 0 Å². The van der Waals surface area contributed by atoms with E-state index in [0.29, 0.717) is 18.2 Å². The number of likely N-dealkylation sites (N-methyl/N-ethyl adjacent to an activating group) is 1. The summed E-state index contributed by atoms with van der Waals surface area (Å²) in [6.07, 6.45) is 5.34. The van der Waals surface area contributed by atoms with Crippen LogP contribution in [-0.2, 0) is 4.74 Å². The van der Waals surface area contributed by atoms with Crippen molar-refractivity contribution in [2.24, 2.45) is 0 Å². The van der Waals surface area contributed by atoms with Gasteiger partial charge in [0.25, 0.3) is 0 Å². The van der Waals surface area contributed by atoms with E-state index in [1.165, 1.54) is 19.3 Å². The highest BCUT2D eigenvalue weighted by molar-refractivity contribution is 4.86. The molecule has 1 aliphatic heterocycles. The zero-order chi connectivity index (χ0) is 13.4. The average Bonchev–Trinajstić information content (AvgIpc) is 2.40. The maximum Gasteiger partial charge on any atom is 0.0700 e. The Kier molecular flexibility index (Phi) is 7.87. The molecule has 1 saturated heterocycles. The second-order valence-corrected chi connectivity index (χ2v) is 5.32. The zero-order valence-corrected chi connectivity index (χ0v) is 12.7. The number of morpholine rings is 1. The lowest BCUT2D eigenvalue weighted by Gasteiger charge is -2.41. The van der Waals surface area contributed by atoms with Gasteiger partial charge in [-0.15, -0.1) is 0 Å². The first-order chi connectivity index (χ1) is 8.76. The van der Waals surface area contributed by atoms with Crippen LogP contribution in [0.2, 0.25) is 0 Å². The van der Waals surface area contributed by atoms with Crippen LogP contribution in [0.5, 0.6) is 0 Å². The number of ether oxygens (including phenoxy) is 1. The highest BCUT2D eigenvalue weighted by Gasteiger charge is 2.29. The zero-order valence-electron chi connectivity index (χ0n) is 12.7. The number of rotatable bonds is 8. The molecule has 0 aromatic heterocycles. The fourth-order valence-electron chi connectivity index (χ4n) is 3.09. The molecule has 1 fully saturated rings. The fraction of sp³-hybridized carbons (Fsp3) is 1.00. The molecule has 1 aliphatic rings. The summed E-state index contributed by atoms with van der Waals surface area (Å²) in [7, 11) is 0. The van der Waals surface area contributed by atoms with E-state index >= 15 is 0 Å². The maximum atomic E-state index is 5.79. The Morgan fingerprint density at radius 1 is 1.28 bits per heavy atom. The summed E-state index contributed by atoms with van der Waals surface area (Å²) >= 11 is 0. The molecule has 3 nitrogen and oxygen atoms in total. The molecule has 3 heteroatoms. The molecule has 1 heterocycles. The minimum Gasteiger partial charge on any atom is -0.376 e. The maximum absolute atomic E-state index is 5.79. The molecule has 0 spiro atoms. The Hall–Kier alpha value is -0.120. The molecule has 0 aromatic rings. The standard InChI is InChI=1S/C15H32N2O/c1-5-9-14(16-8-4)15(7-3)17-10-11-18-13(6-2)12-17/h13-16H,5-12H2,1-4H3. The third kappa shape index (κ3) is 4.52. The summed E-state index contributed by atoms with van der Waals surface area (Å²) in [5.74, 6) is 0. The van der Waals surface area contributed by atoms with Gasteiger partial charge < -0.3 is 10.1 Å². The SMILES string of the molecule is CCCC(NCC)C(CC)N1CCOC(CC)C1. The van der Waals surface area contributed by atoms with Crippen LogP contribution >= 0.6 is 0 Å². The number of nitrogens with zero attached hydrogens (tertiary/aromatic N) is 1. The van der Waals surface area contributed by atoms with E-state index in [1.807, 2.05) is 0 Å². The van der Waals surface area contributed by atoms with Gasteiger partial charge in [0.1, 0.15) is 0 Å². The van der Waals surface area contributed by atoms with Crippen molar-refractivity contribution in [2.75, 3.05) is 26.2 Å². The van der Waals surface area contributed by atoms with Gasteiger partial charge in [-0.05, 0) is 25.8 Å². The van der Waals surface area contributed by atoms with Gasteiger partial charge in [0.2, 0.25) is 0 Å². The van der Waals surface area contributed by atoms with Gasteiger partial charge in [-0.1, -0.05) is 34.1 Å². The summed E-state index contributed by atoms with van der Waals surface area (Å²) in [6, 6.07) is 1.31. The normalized spacial score (nSPS) is 25.0. The minimum atomic E-state index is 0.441. The molecule has 0 aromatic carbocycles. The first-order valence-electron chi connectivity index (χ1n) is 7.85. The van der Waals surface area contributed by atoms with Crippen molar-refractivity contribution in [1.82, 2.24) is 10.2 Å². The summed E-state index contributed by atoms with van der Waals surface area (Å²) < 4.78 is 5.79. The topological polar surface area (TPSA) is 24.5 Å². The third-order valence-corrected chi connectivity index (χ3v) is 4.04. The van der Waals surface area contributed by atoms with Gasteiger partial charge >= 0.3 is 0 Å². The van der Waals surface area contributed by atoms with Crippen molar-refractivity contribution >= 4 is 0 Å². The molecule has 108 valence electrons. The molecule has 3 unspecified atom stereocenters. The largest absolute Gasteiger partial charge is 0.376 e. The van der Waals surface area contributed by atoms with E-state index in [9.17, 15) is 0 Å². The summed E-state index contributed by atoms with van der Waals surface area (Å²) in [6.45, 7) is 13.2. The highest BCUT2D eigenvalue weighted by atomic mass is 16.5. The van der Waals surface area contributed by atoms with E-state index in [-0.39, 0.29) is 0 Å². The van der Waals surface area contributed by atoms with Crippen molar-refractivity contribution in [2.45, 2.75) is 71.6 Å². The Balaban J connectivity index is 2.60. The highest BCUT2D eigenvalue weighted by Crippen LogP contribution is 2.18. The molecule has 0 amide bonds. The summed E-state index contributed by atoms with van der Waals surface area (Å²) in [5, 5.41) is 3.68. The Morgan fingerprint density at radius 3 is 2.61 bits per heavy atom. The van der Waals surface area contributed by atoms with Gasteiger partial charge in [-0.25, -0.2) is 0 Å². The Labute approximate surface area is 113 Å². The predicted octanol–water partition coefficient (Wildman–Crippen LogP) is 2.65. The van der Waals surface area contributed by atoms with Gasteiger partial charge in [0, 0.05) is 25.2 Å². The number of nitrogens with one attached hydrogen (secondary N) is 1. The molecular weight excluding hydrogens is 224 g/mol. The van der Waals surface area contributed by atoms with Crippen LogP contribution in [0.4, 0.5) is 0 Å². The Morgan fingerprint density at radius 2 is 2.06 bits per heavy atom. The van der Waals surface area contributed by atoms with E-state index in [2.05, 4.69) is 37.9 Å². The van der Waals surface area contributed by atoms with Crippen molar-refractivity contribution in [3.8, 4) is 0 Å². The quantitative estimate of drug-likeness (QED) is 0.722. The van der Waals surface area contributed by atoms with Gasteiger partial charge in [-0.3, -0.25) is 4.90 Å². The first kappa shape index (κ1) is 15.9. The van der Waals surface area contributed by atoms with E-state index < -0.39 is 0 Å². The lowest BCUT2D eigenvalue weighted by atomic mass is 9.98. The van der Waals surface area contributed by atoms with E-state index in [0.717, 1.165) is 32.7 Å². The van der Waals surface area contributed by atoms with Crippen LogP contribution in [0.3, 0.4) is 0 Å². The van der Waals surface area contributed by atoms with Gasteiger partial charge in [0.05, 0.1) is 12.7 Å². The van der Waals surface area contributed by atoms with Crippen LogP contribution < -0.4 is 5.32 Å². The molecule has 0 saturated carbocycles. The molecule has 18 heavy (non-hydrogen) atoms. The molecule has 1 rings (SSSR count). The second kappa shape index (κ2) is 8.89. The molecule has 1 N–H and O–H groups in total. The van der Waals surface area contributed by atoms with Crippen molar-refractivity contribution in [1.29, 1.82) is 0 Å². The van der Waals surface area contributed by atoms with Crippen LogP contribution in [0.15, 0.2) is 0 Å². The van der Waals surface area contributed by atoms with E-state index in [1.54, 1.807) is 0 Å². The molecular formula is C15H32N2O. The van der Waals surface area contributed by atoms with Crippen molar-refractivity contribution in [3.05, 3.63) is 0 Å². The second-order valence-electron chi connectivity index (χ2n) is 5.32. The molecule has 0 bridgehead atoms. The molecule has 0 radical (unpaired) electrons. The van der Waals surface area contributed by atoms with Gasteiger partial charge in [0.15, 0.2) is 0 Å². The number of hydrogen-bond acceptors (Lipinski definition) is 3. The number of hydrogen-bond donors (Lipinski definition) is 1. The predicted molar refractivity (Wildman–Crippen MR) is 78.1 cm³/mol. The van der Waals surface area contributed by atoms with Gasteiger partial charge in [-0.2, -0.15) is 0 Å². The van der Waals surface area contributed by atoms with Crippen LogP contribution in [-0.4, -0.2) is 49.3 Å². The average molecular weight is 256 g/mol. The lowest BCUT2D eigenvalue weighted by Crippen LogP contribution is -2.55. The summed E-state index contributed by atoms with van der Waals surface area (Å²) in [5.41, 5.74) is 0. The minimum absolute atomic E-state index is 0.441. The van der Waals surface area contributed by atoms with Crippen molar-refractivity contribution in [3.63, 3.8) is 0 Å². The molecule has 3 atom stereocenters. The van der Waals surface area contributed by atoms with E-state index in [4.69, 9.17) is 4.74 Å². The van der Waals surface area contributed by atoms with Crippen LogP contribution in [0.25, 0.3) is 0 Å². The smallest absolute Gasteiger partial charge is 0.0700 e. The summed E-state index contributed by atoms with van der Waals surface area (Å²) in [4.78, 5) is 2.65. The lowest BCUT2D eigenvalue weighted by molar-refractivity contribution is -0.0505. The third-order valence-electron chi connectivity index (χ3n) is 4.04. The first-order valence-corrected chi connectivity index (χ1v) is 7.85. The fourth-order valence-corrected chi connectivity index (χ4v) is 3.09. The van der Waals surface area contributed by atoms with Crippen molar-refractivity contribution < 1.29 is 4.74 Å².